The first kappa shape index (κ1) is 18.5. The molecule has 1 amide bonds. The van der Waals surface area contributed by atoms with Crippen LogP contribution in [0, 0.1) is 5.82 Å². The van der Waals surface area contributed by atoms with E-state index in [4.69, 9.17) is 0 Å². The van der Waals surface area contributed by atoms with Crippen LogP contribution in [0.15, 0.2) is 73.3 Å². The minimum Gasteiger partial charge on any atom is -0.332 e. The summed E-state index contributed by atoms with van der Waals surface area (Å²) in [5.41, 5.74) is 2.63. The van der Waals surface area contributed by atoms with E-state index < -0.39 is 0 Å². The zero-order chi connectivity index (χ0) is 20.5. The van der Waals surface area contributed by atoms with E-state index in [1.807, 2.05) is 53.2 Å². The molecule has 1 fully saturated rings. The molecule has 5 rings (SSSR count). The van der Waals surface area contributed by atoms with Gasteiger partial charge in [0.05, 0.1) is 18.3 Å². The third kappa shape index (κ3) is 3.68. The summed E-state index contributed by atoms with van der Waals surface area (Å²) in [5.74, 6) is 0.529. The van der Waals surface area contributed by atoms with Crippen molar-refractivity contribution in [2.75, 3.05) is 5.32 Å². The second-order valence-electron chi connectivity index (χ2n) is 7.81. The van der Waals surface area contributed by atoms with Crippen molar-refractivity contribution in [2.45, 2.75) is 31.2 Å². The van der Waals surface area contributed by atoms with Crippen LogP contribution in [0.3, 0.4) is 0 Å². The maximum absolute atomic E-state index is 13.9. The Bertz CT molecular complexity index is 1210. The molecule has 0 unspecified atom stereocenters. The minimum atomic E-state index is -0.135. The molecule has 0 radical (unpaired) electrons. The van der Waals surface area contributed by atoms with Gasteiger partial charge < -0.3 is 9.88 Å². The number of anilines is 1. The number of fused-ring (bicyclic) bond motifs is 1. The Kier molecular flexibility index (Phi) is 4.75. The summed E-state index contributed by atoms with van der Waals surface area (Å²) < 4.78 is 15.9. The van der Waals surface area contributed by atoms with E-state index in [2.05, 4.69) is 15.3 Å². The lowest BCUT2D eigenvalue weighted by Gasteiger charge is -2.36. The summed E-state index contributed by atoms with van der Waals surface area (Å²) >= 11 is 0. The Labute approximate surface area is 173 Å². The molecule has 2 aromatic heterocycles. The normalized spacial score (nSPS) is 18.2. The van der Waals surface area contributed by atoms with Crippen molar-refractivity contribution in [2.24, 2.45) is 0 Å². The molecule has 2 heterocycles. The van der Waals surface area contributed by atoms with Gasteiger partial charge >= 0.3 is 0 Å². The highest BCUT2D eigenvalue weighted by atomic mass is 19.1. The van der Waals surface area contributed by atoms with Gasteiger partial charge in [0.1, 0.15) is 5.82 Å². The number of amides is 1. The van der Waals surface area contributed by atoms with Gasteiger partial charge in [-0.15, -0.1) is 0 Å². The SMILES string of the molecule is O=C(Cc1ccc2ncccc2c1)Nc1cn(C2CC(c3ccccc3F)C2)cn1. The van der Waals surface area contributed by atoms with Crippen LogP contribution >= 0.6 is 0 Å². The molecule has 1 aliphatic rings. The molecule has 2 aromatic carbocycles. The Morgan fingerprint density at radius 3 is 2.83 bits per heavy atom. The standard InChI is InChI=1S/C24H21FN4O/c25-21-6-2-1-5-20(21)18-12-19(13-18)29-14-23(27-15-29)28-24(30)11-16-7-8-22-17(10-16)4-3-9-26-22/h1-10,14-15,18-19H,11-13H2,(H,28,30). The van der Waals surface area contributed by atoms with Crippen molar-refractivity contribution in [1.29, 1.82) is 0 Å². The first-order valence-electron chi connectivity index (χ1n) is 10.1. The molecular formula is C24H21FN4O. The van der Waals surface area contributed by atoms with Gasteiger partial charge in [-0.05, 0) is 54.2 Å². The van der Waals surface area contributed by atoms with Gasteiger partial charge in [-0.25, -0.2) is 9.37 Å². The zero-order valence-electron chi connectivity index (χ0n) is 16.3. The van der Waals surface area contributed by atoms with Crippen LogP contribution in [0.5, 0.6) is 0 Å². The minimum absolute atomic E-state index is 0.110. The van der Waals surface area contributed by atoms with Crippen LogP contribution in [0.4, 0.5) is 10.2 Å². The van der Waals surface area contributed by atoms with Crippen molar-refractivity contribution in [3.8, 4) is 0 Å². The fourth-order valence-corrected chi connectivity index (χ4v) is 4.10. The van der Waals surface area contributed by atoms with Crippen LogP contribution in [0.2, 0.25) is 0 Å². The van der Waals surface area contributed by atoms with Crippen LogP contribution < -0.4 is 5.32 Å². The van der Waals surface area contributed by atoms with Crippen molar-refractivity contribution in [3.05, 3.63) is 90.3 Å². The highest BCUT2D eigenvalue weighted by Gasteiger charge is 2.33. The fourth-order valence-electron chi connectivity index (χ4n) is 4.10. The van der Waals surface area contributed by atoms with E-state index in [9.17, 15) is 9.18 Å². The van der Waals surface area contributed by atoms with E-state index in [-0.39, 0.29) is 30.1 Å². The van der Waals surface area contributed by atoms with Gasteiger partial charge in [-0.3, -0.25) is 9.78 Å². The van der Waals surface area contributed by atoms with Crippen LogP contribution in [0.25, 0.3) is 10.9 Å². The average molecular weight is 400 g/mol. The zero-order valence-corrected chi connectivity index (χ0v) is 16.3. The molecule has 0 aliphatic heterocycles. The predicted molar refractivity (Wildman–Crippen MR) is 114 cm³/mol. The van der Waals surface area contributed by atoms with Gasteiger partial charge in [-0.2, -0.15) is 0 Å². The highest BCUT2D eigenvalue weighted by Crippen LogP contribution is 2.45. The second-order valence-corrected chi connectivity index (χ2v) is 7.81. The average Bonchev–Trinajstić information content (AvgIpc) is 3.16. The lowest BCUT2D eigenvalue weighted by Crippen LogP contribution is -2.25. The van der Waals surface area contributed by atoms with E-state index in [1.165, 1.54) is 6.07 Å². The molecule has 0 saturated heterocycles. The monoisotopic (exact) mass is 400 g/mol. The number of carbonyl (C=O) groups is 1. The van der Waals surface area contributed by atoms with E-state index >= 15 is 0 Å². The number of hydrogen-bond donors (Lipinski definition) is 1. The third-order valence-corrected chi connectivity index (χ3v) is 5.78. The Morgan fingerprint density at radius 1 is 1.10 bits per heavy atom. The number of aromatic nitrogens is 3. The summed E-state index contributed by atoms with van der Waals surface area (Å²) in [6.07, 6.45) is 7.36. The Balaban J connectivity index is 1.19. The number of carbonyl (C=O) groups excluding carboxylic acids is 1. The van der Waals surface area contributed by atoms with Crippen molar-refractivity contribution in [1.82, 2.24) is 14.5 Å². The molecule has 4 aromatic rings. The largest absolute Gasteiger partial charge is 0.332 e. The molecule has 1 aliphatic carbocycles. The molecule has 150 valence electrons. The molecule has 0 bridgehead atoms. The van der Waals surface area contributed by atoms with Gasteiger partial charge in [0.15, 0.2) is 5.82 Å². The summed E-state index contributed by atoms with van der Waals surface area (Å²) in [4.78, 5) is 21.0. The molecule has 0 atom stereocenters. The third-order valence-electron chi connectivity index (χ3n) is 5.78. The highest BCUT2D eigenvalue weighted by molar-refractivity contribution is 5.92. The maximum atomic E-state index is 13.9. The molecule has 1 saturated carbocycles. The van der Waals surface area contributed by atoms with Crippen molar-refractivity contribution in [3.63, 3.8) is 0 Å². The first-order valence-corrected chi connectivity index (χ1v) is 10.1. The molecule has 6 heteroatoms. The predicted octanol–water partition coefficient (Wildman–Crippen LogP) is 4.87. The molecule has 30 heavy (non-hydrogen) atoms. The number of hydrogen-bond acceptors (Lipinski definition) is 3. The molecule has 0 spiro atoms. The number of halogens is 1. The van der Waals surface area contributed by atoms with Gasteiger partial charge in [0.25, 0.3) is 0 Å². The number of nitrogens with one attached hydrogen (secondary N) is 1. The quantitative estimate of drug-likeness (QED) is 0.520. The fraction of sp³-hybridized carbons (Fsp3) is 0.208. The Hall–Kier alpha value is -3.54. The van der Waals surface area contributed by atoms with Crippen molar-refractivity contribution >= 4 is 22.6 Å². The summed E-state index contributed by atoms with van der Waals surface area (Å²) in [5, 5.41) is 3.88. The second kappa shape index (κ2) is 7.71. The van der Waals surface area contributed by atoms with Crippen LogP contribution in [0.1, 0.15) is 35.9 Å². The van der Waals surface area contributed by atoms with E-state index in [0.717, 1.165) is 34.9 Å². The van der Waals surface area contributed by atoms with Gasteiger partial charge in [-0.1, -0.05) is 30.3 Å². The molecule has 5 nitrogen and oxygen atoms in total. The van der Waals surface area contributed by atoms with Gasteiger partial charge in [0.2, 0.25) is 5.91 Å². The topological polar surface area (TPSA) is 59.8 Å². The summed E-state index contributed by atoms with van der Waals surface area (Å²) in [6, 6.07) is 16.9. The lowest BCUT2D eigenvalue weighted by atomic mass is 9.75. The Morgan fingerprint density at radius 2 is 1.97 bits per heavy atom. The number of benzene rings is 2. The van der Waals surface area contributed by atoms with Gasteiger partial charge in [0, 0.05) is 23.8 Å². The summed E-state index contributed by atoms with van der Waals surface area (Å²) in [6.45, 7) is 0. The molecule has 1 N–H and O–H groups in total. The number of imidazole rings is 1. The number of rotatable bonds is 5. The van der Waals surface area contributed by atoms with E-state index in [0.29, 0.717) is 5.82 Å². The number of nitrogens with zero attached hydrogens (tertiary/aromatic N) is 3. The van der Waals surface area contributed by atoms with Crippen molar-refractivity contribution < 1.29 is 9.18 Å². The first-order chi connectivity index (χ1) is 14.7. The maximum Gasteiger partial charge on any atom is 0.229 e. The van der Waals surface area contributed by atoms with E-state index in [1.54, 1.807) is 18.6 Å². The van der Waals surface area contributed by atoms with Crippen LogP contribution in [-0.4, -0.2) is 20.4 Å². The van der Waals surface area contributed by atoms with Crippen LogP contribution in [-0.2, 0) is 11.2 Å². The smallest absolute Gasteiger partial charge is 0.229 e. The number of pyridine rings is 1. The molecular weight excluding hydrogens is 379 g/mol. The summed E-state index contributed by atoms with van der Waals surface area (Å²) in [7, 11) is 0. The lowest BCUT2D eigenvalue weighted by molar-refractivity contribution is -0.115.